The van der Waals surface area contributed by atoms with Crippen LogP contribution >= 0.6 is 0 Å². The summed E-state index contributed by atoms with van der Waals surface area (Å²) in [4.78, 5) is 23.7. The number of rotatable bonds is 7. The molecule has 2 aromatic carbocycles. The fraction of sp³-hybridized carbons (Fsp3) is 0.273. The van der Waals surface area contributed by atoms with Crippen LogP contribution in [0.25, 0.3) is 0 Å². The van der Waals surface area contributed by atoms with Gasteiger partial charge in [0.2, 0.25) is 0 Å². The molecular formula is C22H21F3N4O3. The fourth-order valence-electron chi connectivity index (χ4n) is 3.22. The monoisotopic (exact) mass is 446 g/mol. The zero-order valence-corrected chi connectivity index (χ0v) is 17.3. The van der Waals surface area contributed by atoms with Gasteiger partial charge in [-0.15, -0.1) is 5.10 Å². The summed E-state index contributed by atoms with van der Waals surface area (Å²) in [6, 6.07) is 10.5. The molecule has 1 heterocycles. The van der Waals surface area contributed by atoms with E-state index in [0.29, 0.717) is 17.7 Å². The smallest absolute Gasteiger partial charge is 0.416 e. The van der Waals surface area contributed by atoms with Crippen molar-refractivity contribution in [3.63, 3.8) is 0 Å². The third-order valence-corrected chi connectivity index (χ3v) is 5.01. The van der Waals surface area contributed by atoms with Crippen LogP contribution in [0, 0.1) is 0 Å². The van der Waals surface area contributed by atoms with Crippen LogP contribution in [0.1, 0.15) is 63.1 Å². The maximum Gasteiger partial charge on any atom is 0.416 e. The van der Waals surface area contributed by atoms with E-state index in [-0.39, 0.29) is 17.8 Å². The number of hydrogen-bond donors (Lipinski definition) is 2. The first-order valence-electron chi connectivity index (χ1n) is 9.82. The van der Waals surface area contributed by atoms with Gasteiger partial charge >= 0.3 is 12.1 Å². The minimum absolute atomic E-state index is 0.133. The predicted molar refractivity (Wildman–Crippen MR) is 109 cm³/mol. The van der Waals surface area contributed by atoms with Crippen LogP contribution in [0.5, 0.6) is 0 Å². The van der Waals surface area contributed by atoms with Crippen LogP contribution in [0.15, 0.2) is 48.5 Å². The topological polar surface area (TPSA) is 97.1 Å². The van der Waals surface area contributed by atoms with Crippen molar-refractivity contribution >= 4 is 11.9 Å². The predicted octanol–water partition coefficient (Wildman–Crippen LogP) is 4.10. The van der Waals surface area contributed by atoms with E-state index < -0.39 is 29.7 Å². The molecule has 0 saturated heterocycles. The molecule has 0 bridgehead atoms. The summed E-state index contributed by atoms with van der Waals surface area (Å²) < 4.78 is 39.7. The number of carboxylic acid groups (broad SMARTS) is 1. The number of benzene rings is 2. The second-order valence-electron chi connectivity index (χ2n) is 7.21. The van der Waals surface area contributed by atoms with Gasteiger partial charge in [-0.05, 0) is 48.7 Å². The number of nitrogens with one attached hydrogen (secondary N) is 1. The Balaban J connectivity index is 1.73. The van der Waals surface area contributed by atoms with Gasteiger partial charge in [0, 0.05) is 0 Å². The zero-order chi connectivity index (χ0) is 23.5. The van der Waals surface area contributed by atoms with Gasteiger partial charge in [0.1, 0.15) is 0 Å². The Morgan fingerprint density at radius 2 is 1.72 bits per heavy atom. The summed E-state index contributed by atoms with van der Waals surface area (Å²) in [5, 5.41) is 19.8. The number of carbonyl (C=O) groups is 2. The first kappa shape index (κ1) is 23.0. The number of alkyl halides is 3. The third-order valence-electron chi connectivity index (χ3n) is 5.01. The van der Waals surface area contributed by atoms with Crippen molar-refractivity contribution in [1.82, 2.24) is 20.3 Å². The van der Waals surface area contributed by atoms with Crippen molar-refractivity contribution < 1.29 is 27.9 Å². The van der Waals surface area contributed by atoms with E-state index >= 15 is 0 Å². The molecule has 1 atom stereocenters. The highest BCUT2D eigenvalue weighted by Crippen LogP contribution is 2.29. The Morgan fingerprint density at radius 3 is 2.25 bits per heavy atom. The molecule has 0 radical (unpaired) electrons. The molecular weight excluding hydrogens is 425 g/mol. The Labute approximate surface area is 181 Å². The Kier molecular flexibility index (Phi) is 6.61. The van der Waals surface area contributed by atoms with Crippen LogP contribution in [0.2, 0.25) is 0 Å². The molecule has 1 aromatic heterocycles. The zero-order valence-electron chi connectivity index (χ0n) is 17.3. The first-order chi connectivity index (χ1) is 15.1. The largest absolute Gasteiger partial charge is 0.478 e. The third kappa shape index (κ3) is 5.13. The number of hydrogen-bond acceptors (Lipinski definition) is 4. The van der Waals surface area contributed by atoms with E-state index in [4.69, 9.17) is 5.11 Å². The number of halogens is 3. The maximum absolute atomic E-state index is 12.8. The van der Waals surface area contributed by atoms with Crippen molar-refractivity contribution in [2.75, 3.05) is 0 Å². The first-order valence-corrected chi connectivity index (χ1v) is 9.82. The van der Waals surface area contributed by atoms with E-state index in [1.54, 1.807) is 19.1 Å². The number of amides is 1. The molecule has 1 amide bonds. The van der Waals surface area contributed by atoms with E-state index in [1.807, 2.05) is 6.92 Å². The molecule has 0 aliphatic heterocycles. The lowest BCUT2D eigenvalue weighted by atomic mass is 10.1. The van der Waals surface area contributed by atoms with E-state index in [9.17, 15) is 22.8 Å². The fourth-order valence-corrected chi connectivity index (χ4v) is 3.22. The van der Waals surface area contributed by atoms with Crippen molar-refractivity contribution in [3.05, 3.63) is 82.2 Å². The standard InChI is InChI=1S/C22H21F3N4O3/c1-3-18-19(20(30)26-13(2)15-6-8-16(9-7-15)21(31)32)27-28-29(18)12-14-4-10-17(11-5-14)22(23,24)25/h4-11,13H,3,12H2,1-2H3,(H,26,30)(H,31,32)/t13-/m0/s1. The van der Waals surface area contributed by atoms with Crippen LogP contribution in [0.4, 0.5) is 13.2 Å². The van der Waals surface area contributed by atoms with Crippen LogP contribution < -0.4 is 5.32 Å². The Bertz CT molecular complexity index is 1110. The summed E-state index contributed by atoms with van der Waals surface area (Å²) in [5.41, 5.74) is 1.41. The lowest BCUT2D eigenvalue weighted by molar-refractivity contribution is -0.137. The maximum atomic E-state index is 12.8. The molecule has 3 rings (SSSR count). The van der Waals surface area contributed by atoms with E-state index in [2.05, 4.69) is 15.6 Å². The van der Waals surface area contributed by atoms with Crippen LogP contribution in [-0.2, 0) is 19.1 Å². The average molecular weight is 446 g/mol. The molecule has 0 aliphatic carbocycles. The van der Waals surface area contributed by atoms with Crippen molar-refractivity contribution in [3.8, 4) is 0 Å². The van der Waals surface area contributed by atoms with Gasteiger partial charge in [0.25, 0.3) is 5.91 Å². The summed E-state index contributed by atoms with van der Waals surface area (Å²) >= 11 is 0. The number of carboxylic acids is 1. The highest BCUT2D eigenvalue weighted by atomic mass is 19.4. The van der Waals surface area contributed by atoms with Crippen molar-refractivity contribution in [1.29, 1.82) is 0 Å². The van der Waals surface area contributed by atoms with Gasteiger partial charge in [0.15, 0.2) is 5.69 Å². The molecule has 2 N–H and O–H groups in total. The Hall–Kier alpha value is -3.69. The summed E-state index contributed by atoms with van der Waals surface area (Å²) in [7, 11) is 0. The van der Waals surface area contributed by atoms with Crippen LogP contribution in [-0.4, -0.2) is 32.0 Å². The number of aromatic carboxylic acids is 1. The Morgan fingerprint density at radius 1 is 1.09 bits per heavy atom. The summed E-state index contributed by atoms with van der Waals surface area (Å²) in [5.74, 6) is -1.49. The van der Waals surface area contributed by atoms with E-state index in [1.165, 1.54) is 28.9 Å². The summed E-state index contributed by atoms with van der Waals surface area (Å²) in [6.45, 7) is 3.76. The molecule has 0 spiro atoms. The van der Waals surface area contributed by atoms with Crippen LogP contribution in [0.3, 0.4) is 0 Å². The number of aromatic nitrogens is 3. The SMILES string of the molecule is CCc1c(C(=O)N[C@@H](C)c2ccc(C(=O)O)cc2)nnn1Cc1ccc(C(F)(F)F)cc1. The highest BCUT2D eigenvalue weighted by molar-refractivity contribution is 5.93. The molecule has 3 aromatic rings. The molecule has 32 heavy (non-hydrogen) atoms. The van der Waals surface area contributed by atoms with Crippen molar-refractivity contribution in [2.45, 2.75) is 39.0 Å². The quantitative estimate of drug-likeness (QED) is 0.570. The molecule has 0 aliphatic rings. The summed E-state index contributed by atoms with van der Waals surface area (Å²) in [6.07, 6.45) is -3.96. The molecule has 168 valence electrons. The van der Waals surface area contributed by atoms with Crippen molar-refractivity contribution in [2.24, 2.45) is 0 Å². The molecule has 0 unspecified atom stereocenters. The second kappa shape index (κ2) is 9.21. The lowest BCUT2D eigenvalue weighted by Crippen LogP contribution is -2.28. The van der Waals surface area contributed by atoms with Gasteiger partial charge < -0.3 is 10.4 Å². The average Bonchev–Trinajstić information content (AvgIpc) is 3.16. The molecule has 0 saturated carbocycles. The normalized spacial score (nSPS) is 12.4. The van der Waals surface area contributed by atoms with Gasteiger partial charge in [-0.25, -0.2) is 9.48 Å². The number of carbonyl (C=O) groups excluding carboxylic acids is 1. The second-order valence-corrected chi connectivity index (χ2v) is 7.21. The molecule has 0 fully saturated rings. The molecule has 7 nitrogen and oxygen atoms in total. The lowest BCUT2D eigenvalue weighted by Gasteiger charge is -2.14. The number of nitrogens with zero attached hydrogens (tertiary/aromatic N) is 3. The minimum atomic E-state index is -4.41. The van der Waals surface area contributed by atoms with E-state index in [0.717, 1.165) is 17.7 Å². The van der Waals surface area contributed by atoms with Gasteiger partial charge in [-0.3, -0.25) is 4.79 Å². The van der Waals surface area contributed by atoms with Gasteiger partial charge in [-0.1, -0.05) is 36.4 Å². The molecule has 10 heteroatoms. The van der Waals surface area contributed by atoms with Gasteiger partial charge in [-0.2, -0.15) is 13.2 Å². The highest BCUT2D eigenvalue weighted by Gasteiger charge is 2.30. The van der Waals surface area contributed by atoms with Gasteiger partial charge in [0.05, 0.1) is 29.4 Å². The minimum Gasteiger partial charge on any atom is -0.478 e.